The van der Waals surface area contributed by atoms with E-state index in [9.17, 15) is 9.59 Å². The number of ether oxygens (including phenoxy) is 1. The van der Waals surface area contributed by atoms with Crippen molar-refractivity contribution >= 4 is 12.0 Å². The van der Waals surface area contributed by atoms with E-state index < -0.39 is 5.97 Å². The molecule has 0 saturated carbocycles. The zero-order valence-corrected chi connectivity index (χ0v) is 11.1. The second kappa shape index (κ2) is 7.20. The summed E-state index contributed by atoms with van der Waals surface area (Å²) < 4.78 is 5.27. The Morgan fingerprint density at radius 3 is 2.44 bits per heavy atom. The Morgan fingerprint density at radius 2 is 1.94 bits per heavy atom. The monoisotopic (exact) mass is 258 g/mol. The first-order valence-corrected chi connectivity index (χ1v) is 6.37. The summed E-state index contributed by atoms with van der Waals surface area (Å²) in [4.78, 5) is 26.0. The molecule has 0 atom stereocenters. The Balaban J connectivity index is 2.50. The van der Waals surface area contributed by atoms with Gasteiger partial charge in [-0.3, -0.25) is 4.79 Å². The molecule has 1 aliphatic heterocycles. The summed E-state index contributed by atoms with van der Waals surface area (Å²) >= 11 is 0. The van der Waals surface area contributed by atoms with Crippen LogP contribution in [0, 0.1) is 0 Å². The number of rotatable bonds is 5. The van der Waals surface area contributed by atoms with Crippen LogP contribution in [0.2, 0.25) is 0 Å². The van der Waals surface area contributed by atoms with Gasteiger partial charge in [-0.15, -0.1) is 0 Å². The van der Waals surface area contributed by atoms with Crippen LogP contribution in [0.3, 0.4) is 0 Å². The minimum Gasteiger partial charge on any atom is -0.481 e. The minimum absolute atomic E-state index is 0.0127. The van der Waals surface area contributed by atoms with E-state index in [1.54, 1.807) is 16.8 Å². The van der Waals surface area contributed by atoms with Crippen LogP contribution in [0.4, 0.5) is 4.79 Å². The number of amides is 2. The third-order valence-electron chi connectivity index (χ3n) is 3.29. The lowest BCUT2D eigenvalue weighted by molar-refractivity contribution is -0.137. The lowest BCUT2D eigenvalue weighted by atomic mass is 10.1. The maximum Gasteiger partial charge on any atom is 0.319 e. The Kier molecular flexibility index (Phi) is 5.91. The normalized spacial score (nSPS) is 16.3. The smallest absolute Gasteiger partial charge is 0.319 e. The van der Waals surface area contributed by atoms with E-state index in [2.05, 4.69) is 0 Å². The van der Waals surface area contributed by atoms with Crippen molar-refractivity contribution in [3.8, 4) is 0 Å². The first kappa shape index (κ1) is 14.8. The van der Waals surface area contributed by atoms with Crippen LogP contribution >= 0.6 is 0 Å². The standard InChI is InChI=1S/C12H22N2O4/c1-3-14(7-4-11(15)16)12(17)13(2)10-5-8-18-9-6-10/h10H,3-9H2,1-2H3,(H,15,16). The van der Waals surface area contributed by atoms with E-state index >= 15 is 0 Å². The van der Waals surface area contributed by atoms with Gasteiger partial charge >= 0.3 is 12.0 Å². The molecule has 1 N–H and O–H groups in total. The number of aliphatic carboxylic acids is 1. The number of carboxylic acids is 1. The molecule has 1 saturated heterocycles. The number of nitrogens with zero attached hydrogens (tertiary/aromatic N) is 2. The first-order valence-electron chi connectivity index (χ1n) is 6.37. The molecule has 0 radical (unpaired) electrons. The second-order valence-corrected chi connectivity index (χ2v) is 4.46. The highest BCUT2D eigenvalue weighted by atomic mass is 16.5. The van der Waals surface area contributed by atoms with Crippen molar-refractivity contribution < 1.29 is 19.4 Å². The fraction of sp³-hybridized carbons (Fsp3) is 0.833. The number of carboxylic acid groups (broad SMARTS) is 1. The first-order chi connectivity index (χ1) is 8.56. The SMILES string of the molecule is CCN(CCC(=O)O)C(=O)N(C)C1CCOCC1. The molecule has 0 spiro atoms. The molecular formula is C12H22N2O4. The van der Waals surface area contributed by atoms with Gasteiger partial charge < -0.3 is 19.6 Å². The van der Waals surface area contributed by atoms with Crippen molar-refractivity contribution in [2.75, 3.05) is 33.4 Å². The summed E-state index contributed by atoms with van der Waals surface area (Å²) in [5.41, 5.74) is 0. The third kappa shape index (κ3) is 4.18. The molecule has 2 amide bonds. The zero-order valence-electron chi connectivity index (χ0n) is 11.1. The highest BCUT2D eigenvalue weighted by molar-refractivity contribution is 5.75. The molecule has 0 aromatic carbocycles. The van der Waals surface area contributed by atoms with Gasteiger partial charge in [0, 0.05) is 39.4 Å². The van der Waals surface area contributed by atoms with Crippen LogP contribution in [0.25, 0.3) is 0 Å². The summed E-state index contributed by atoms with van der Waals surface area (Å²) in [6.07, 6.45) is 1.68. The molecule has 1 fully saturated rings. The van der Waals surface area contributed by atoms with Gasteiger partial charge in [-0.2, -0.15) is 0 Å². The van der Waals surface area contributed by atoms with E-state index in [4.69, 9.17) is 9.84 Å². The molecule has 0 aliphatic carbocycles. The summed E-state index contributed by atoms with van der Waals surface area (Å²) in [5.74, 6) is -0.880. The van der Waals surface area contributed by atoms with Crippen molar-refractivity contribution in [2.45, 2.75) is 32.2 Å². The lowest BCUT2D eigenvalue weighted by Crippen LogP contribution is -2.48. The van der Waals surface area contributed by atoms with E-state index in [1.807, 2.05) is 6.92 Å². The highest BCUT2D eigenvalue weighted by Gasteiger charge is 2.25. The number of carbonyl (C=O) groups is 2. The van der Waals surface area contributed by atoms with E-state index in [-0.39, 0.29) is 25.0 Å². The Bertz CT molecular complexity index is 290. The average molecular weight is 258 g/mol. The molecule has 6 heteroatoms. The minimum atomic E-state index is -0.880. The van der Waals surface area contributed by atoms with E-state index in [0.717, 1.165) is 12.8 Å². The zero-order chi connectivity index (χ0) is 13.5. The number of carbonyl (C=O) groups excluding carboxylic acids is 1. The van der Waals surface area contributed by atoms with Gasteiger partial charge in [-0.25, -0.2) is 4.79 Å². The third-order valence-corrected chi connectivity index (χ3v) is 3.29. The molecule has 104 valence electrons. The van der Waals surface area contributed by atoms with Crippen LogP contribution in [-0.2, 0) is 9.53 Å². The van der Waals surface area contributed by atoms with Crippen molar-refractivity contribution in [2.24, 2.45) is 0 Å². The second-order valence-electron chi connectivity index (χ2n) is 4.46. The molecule has 1 aliphatic rings. The topological polar surface area (TPSA) is 70.1 Å². The molecule has 18 heavy (non-hydrogen) atoms. The van der Waals surface area contributed by atoms with Gasteiger partial charge in [-0.05, 0) is 19.8 Å². The van der Waals surface area contributed by atoms with Crippen LogP contribution in [0.1, 0.15) is 26.2 Å². The van der Waals surface area contributed by atoms with Crippen LogP contribution < -0.4 is 0 Å². The maximum absolute atomic E-state index is 12.2. The van der Waals surface area contributed by atoms with Crippen molar-refractivity contribution in [3.63, 3.8) is 0 Å². The van der Waals surface area contributed by atoms with Gasteiger partial charge in [0.05, 0.1) is 6.42 Å². The highest BCUT2D eigenvalue weighted by Crippen LogP contribution is 2.14. The maximum atomic E-state index is 12.2. The Hall–Kier alpha value is -1.30. The van der Waals surface area contributed by atoms with Gasteiger partial charge in [0.2, 0.25) is 0 Å². The Labute approximate surface area is 107 Å². The molecule has 1 rings (SSSR count). The molecule has 1 heterocycles. The lowest BCUT2D eigenvalue weighted by Gasteiger charge is -2.34. The van der Waals surface area contributed by atoms with Crippen LogP contribution in [-0.4, -0.2) is 66.3 Å². The average Bonchev–Trinajstić information content (AvgIpc) is 2.39. The fourth-order valence-corrected chi connectivity index (χ4v) is 2.07. The predicted octanol–water partition coefficient (Wildman–Crippen LogP) is 1.01. The fourth-order valence-electron chi connectivity index (χ4n) is 2.07. The summed E-state index contributed by atoms with van der Waals surface area (Å²) in [6.45, 7) is 4.02. The molecule has 0 unspecified atom stereocenters. The molecule has 6 nitrogen and oxygen atoms in total. The van der Waals surface area contributed by atoms with Crippen molar-refractivity contribution in [1.29, 1.82) is 0 Å². The molecular weight excluding hydrogens is 236 g/mol. The van der Waals surface area contributed by atoms with Gasteiger partial charge in [0.25, 0.3) is 0 Å². The number of urea groups is 1. The molecule has 0 aromatic rings. The number of hydrogen-bond donors (Lipinski definition) is 1. The Morgan fingerprint density at radius 1 is 1.33 bits per heavy atom. The van der Waals surface area contributed by atoms with E-state index in [0.29, 0.717) is 19.8 Å². The van der Waals surface area contributed by atoms with Gasteiger partial charge in [0.1, 0.15) is 0 Å². The quantitative estimate of drug-likeness (QED) is 0.799. The molecule has 0 bridgehead atoms. The van der Waals surface area contributed by atoms with Crippen molar-refractivity contribution in [1.82, 2.24) is 9.80 Å². The predicted molar refractivity (Wildman–Crippen MR) is 66.5 cm³/mol. The summed E-state index contributed by atoms with van der Waals surface area (Å²) in [7, 11) is 1.78. The van der Waals surface area contributed by atoms with Crippen LogP contribution in [0.15, 0.2) is 0 Å². The largest absolute Gasteiger partial charge is 0.481 e. The van der Waals surface area contributed by atoms with Crippen molar-refractivity contribution in [3.05, 3.63) is 0 Å². The van der Waals surface area contributed by atoms with E-state index in [1.165, 1.54) is 0 Å². The van der Waals surface area contributed by atoms with Gasteiger partial charge in [0.15, 0.2) is 0 Å². The number of hydrogen-bond acceptors (Lipinski definition) is 3. The summed E-state index contributed by atoms with van der Waals surface area (Å²) in [5, 5.41) is 8.66. The molecule has 0 aromatic heterocycles. The summed E-state index contributed by atoms with van der Waals surface area (Å²) in [6, 6.07) is 0.107. The van der Waals surface area contributed by atoms with Crippen LogP contribution in [0.5, 0.6) is 0 Å². The van der Waals surface area contributed by atoms with Gasteiger partial charge in [-0.1, -0.05) is 0 Å².